The molecule has 0 aliphatic rings. The Hall–Kier alpha value is -4.07. The third-order valence-corrected chi connectivity index (χ3v) is 4.95. The molecule has 2 aromatic heterocycles. The Morgan fingerprint density at radius 3 is 2.52 bits per heavy atom. The standard InChI is InChI=1S/C23H22N4O4/c1-30-18-10-8-17(9-11-18)27-22-20(7-4-12-24-22)26(23(27)29)15-21(28)25-14-16-5-3-6-19(13-16)31-2/h3-13H,14-15H2,1-2H3,(H,25,28). The second-order valence-electron chi connectivity index (χ2n) is 6.88. The van der Waals surface area contributed by atoms with Crippen LogP contribution in [-0.2, 0) is 17.9 Å². The van der Waals surface area contributed by atoms with Crippen LogP contribution in [0.5, 0.6) is 11.5 Å². The van der Waals surface area contributed by atoms with Gasteiger partial charge in [0.25, 0.3) is 0 Å². The Bertz CT molecular complexity index is 1270. The number of fused-ring (bicyclic) bond motifs is 1. The maximum absolute atomic E-state index is 13.2. The highest BCUT2D eigenvalue weighted by atomic mass is 16.5. The number of ether oxygens (including phenoxy) is 2. The van der Waals surface area contributed by atoms with Crippen LogP contribution >= 0.6 is 0 Å². The van der Waals surface area contributed by atoms with Crippen molar-refractivity contribution in [1.29, 1.82) is 0 Å². The molecule has 0 unspecified atom stereocenters. The van der Waals surface area contributed by atoms with E-state index < -0.39 is 0 Å². The van der Waals surface area contributed by atoms with E-state index in [9.17, 15) is 9.59 Å². The normalized spacial score (nSPS) is 10.8. The van der Waals surface area contributed by atoms with Crippen molar-refractivity contribution >= 4 is 17.1 Å². The molecule has 0 radical (unpaired) electrons. The lowest BCUT2D eigenvalue weighted by Crippen LogP contribution is -2.32. The van der Waals surface area contributed by atoms with Crippen LogP contribution in [0.3, 0.4) is 0 Å². The summed E-state index contributed by atoms with van der Waals surface area (Å²) in [6.07, 6.45) is 1.62. The molecule has 4 aromatic rings. The molecule has 4 rings (SSSR count). The fourth-order valence-electron chi connectivity index (χ4n) is 3.39. The fraction of sp³-hybridized carbons (Fsp3) is 0.174. The van der Waals surface area contributed by atoms with Crippen LogP contribution in [-0.4, -0.2) is 34.2 Å². The summed E-state index contributed by atoms with van der Waals surface area (Å²) in [7, 11) is 3.18. The van der Waals surface area contributed by atoms with Gasteiger partial charge >= 0.3 is 5.69 Å². The Labute approximate surface area is 178 Å². The highest BCUT2D eigenvalue weighted by Gasteiger charge is 2.17. The molecule has 1 N–H and O–H groups in total. The summed E-state index contributed by atoms with van der Waals surface area (Å²) >= 11 is 0. The van der Waals surface area contributed by atoms with Crippen LogP contribution < -0.4 is 20.5 Å². The van der Waals surface area contributed by atoms with E-state index in [0.29, 0.717) is 29.1 Å². The monoisotopic (exact) mass is 418 g/mol. The van der Waals surface area contributed by atoms with Gasteiger partial charge in [0.2, 0.25) is 5.91 Å². The molecule has 0 aliphatic heterocycles. The zero-order chi connectivity index (χ0) is 21.8. The first-order valence-corrected chi connectivity index (χ1v) is 9.71. The average molecular weight is 418 g/mol. The molecule has 158 valence electrons. The fourth-order valence-corrected chi connectivity index (χ4v) is 3.39. The summed E-state index contributed by atoms with van der Waals surface area (Å²) in [4.78, 5) is 30.2. The number of imidazole rings is 1. The summed E-state index contributed by atoms with van der Waals surface area (Å²) in [6.45, 7) is 0.217. The molecular weight excluding hydrogens is 396 g/mol. The lowest BCUT2D eigenvalue weighted by atomic mass is 10.2. The minimum absolute atomic E-state index is 0.117. The third kappa shape index (κ3) is 4.13. The zero-order valence-electron chi connectivity index (χ0n) is 17.2. The lowest BCUT2D eigenvalue weighted by Gasteiger charge is -2.08. The van der Waals surface area contributed by atoms with E-state index in [1.807, 2.05) is 24.3 Å². The first-order valence-electron chi connectivity index (χ1n) is 9.71. The van der Waals surface area contributed by atoms with Crippen molar-refractivity contribution in [1.82, 2.24) is 19.4 Å². The molecule has 31 heavy (non-hydrogen) atoms. The molecule has 0 bridgehead atoms. The largest absolute Gasteiger partial charge is 0.497 e. The highest BCUT2D eigenvalue weighted by molar-refractivity contribution is 5.80. The summed E-state index contributed by atoms with van der Waals surface area (Å²) in [6, 6.07) is 18.1. The number of amides is 1. The van der Waals surface area contributed by atoms with Gasteiger partial charge in [-0.3, -0.25) is 9.36 Å². The SMILES string of the molecule is COc1ccc(-n2c(=O)n(CC(=O)NCc3cccc(OC)c3)c3cccnc32)cc1. The molecule has 0 saturated heterocycles. The van der Waals surface area contributed by atoms with Gasteiger partial charge in [0, 0.05) is 12.7 Å². The van der Waals surface area contributed by atoms with Crippen LogP contribution in [0.1, 0.15) is 5.56 Å². The smallest absolute Gasteiger partial charge is 0.335 e. The molecule has 8 nitrogen and oxygen atoms in total. The van der Waals surface area contributed by atoms with E-state index in [0.717, 1.165) is 11.3 Å². The molecule has 2 aromatic carbocycles. The summed E-state index contributed by atoms with van der Waals surface area (Å²) in [5.41, 5.74) is 2.28. The first-order chi connectivity index (χ1) is 15.1. The van der Waals surface area contributed by atoms with Gasteiger partial charge in [-0.05, 0) is 54.1 Å². The first kappa shape index (κ1) is 20.2. The Kier molecular flexibility index (Phi) is 5.70. The van der Waals surface area contributed by atoms with Gasteiger partial charge in [-0.15, -0.1) is 0 Å². The van der Waals surface area contributed by atoms with Gasteiger partial charge in [0.05, 0.1) is 25.4 Å². The van der Waals surface area contributed by atoms with E-state index >= 15 is 0 Å². The number of aromatic nitrogens is 3. The number of benzene rings is 2. The van der Waals surface area contributed by atoms with E-state index in [-0.39, 0.29) is 18.1 Å². The third-order valence-electron chi connectivity index (χ3n) is 4.95. The summed E-state index contributed by atoms with van der Waals surface area (Å²) < 4.78 is 13.3. The van der Waals surface area contributed by atoms with Crippen LogP contribution in [0, 0.1) is 0 Å². The Balaban J connectivity index is 1.61. The maximum Gasteiger partial charge on any atom is 0.335 e. The van der Waals surface area contributed by atoms with Crippen molar-refractivity contribution in [3.05, 3.63) is 82.9 Å². The van der Waals surface area contributed by atoms with Crippen molar-refractivity contribution in [2.45, 2.75) is 13.1 Å². The molecule has 0 aliphatic carbocycles. The van der Waals surface area contributed by atoms with Crippen molar-refractivity contribution in [3.63, 3.8) is 0 Å². The number of hydrogen-bond acceptors (Lipinski definition) is 5. The number of rotatable bonds is 7. The van der Waals surface area contributed by atoms with E-state index in [1.54, 1.807) is 56.8 Å². The second-order valence-corrected chi connectivity index (χ2v) is 6.88. The predicted molar refractivity (Wildman–Crippen MR) is 117 cm³/mol. The maximum atomic E-state index is 13.2. The second kappa shape index (κ2) is 8.74. The number of hydrogen-bond donors (Lipinski definition) is 1. The molecular formula is C23H22N4O4. The number of methoxy groups -OCH3 is 2. The van der Waals surface area contributed by atoms with Crippen LogP contribution in [0.4, 0.5) is 0 Å². The van der Waals surface area contributed by atoms with Crippen LogP contribution in [0.15, 0.2) is 71.7 Å². The van der Waals surface area contributed by atoms with Gasteiger partial charge in [0.1, 0.15) is 18.0 Å². The predicted octanol–water partition coefficient (Wildman–Crippen LogP) is 2.52. The van der Waals surface area contributed by atoms with Crippen molar-refractivity contribution in [2.24, 2.45) is 0 Å². The van der Waals surface area contributed by atoms with Crippen molar-refractivity contribution < 1.29 is 14.3 Å². The van der Waals surface area contributed by atoms with Crippen molar-refractivity contribution in [2.75, 3.05) is 14.2 Å². The van der Waals surface area contributed by atoms with Gasteiger partial charge in [-0.1, -0.05) is 12.1 Å². The van der Waals surface area contributed by atoms with Gasteiger partial charge < -0.3 is 14.8 Å². The van der Waals surface area contributed by atoms with Crippen molar-refractivity contribution in [3.8, 4) is 17.2 Å². The molecule has 8 heteroatoms. The lowest BCUT2D eigenvalue weighted by molar-refractivity contribution is -0.121. The van der Waals surface area contributed by atoms with E-state index in [4.69, 9.17) is 9.47 Å². The van der Waals surface area contributed by atoms with E-state index in [1.165, 1.54) is 9.13 Å². The average Bonchev–Trinajstić information content (AvgIpc) is 3.09. The zero-order valence-corrected chi connectivity index (χ0v) is 17.2. The molecule has 0 saturated carbocycles. The number of pyridine rings is 1. The van der Waals surface area contributed by atoms with Gasteiger partial charge in [0.15, 0.2) is 5.65 Å². The van der Waals surface area contributed by atoms with E-state index in [2.05, 4.69) is 10.3 Å². The van der Waals surface area contributed by atoms with Crippen LogP contribution in [0.2, 0.25) is 0 Å². The number of nitrogens with one attached hydrogen (secondary N) is 1. The molecule has 0 spiro atoms. The summed E-state index contributed by atoms with van der Waals surface area (Å²) in [5.74, 6) is 1.13. The number of carbonyl (C=O) groups is 1. The number of carbonyl (C=O) groups excluding carboxylic acids is 1. The number of nitrogens with zero attached hydrogens (tertiary/aromatic N) is 3. The topological polar surface area (TPSA) is 87.4 Å². The Morgan fingerprint density at radius 2 is 1.77 bits per heavy atom. The van der Waals surface area contributed by atoms with Gasteiger partial charge in [-0.2, -0.15) is 0 Å². The molecule has 2 heterocycles. The minimum Gasteiger partial charge on any atom is -0.497 e. The minimum atomic E-state index is -0.338. The highest BCUT2D eigenvalue weighted by Crippen LogP contribution is 2.18. The molecule has 1 amide bonds. The summed E-state index contributed by atoms with van der Waals surface area (Å²) in [5, 5.41) is 2.85. The van der Waals surface area contributed by atoms with Gasteiger partial charge in [-0.25, -0.2) is 14.3 Å². The molecule has 0 atom stereocenters. The van der Waals surface area contributed by atoms with Crippen LogP contribution in [0.25, 0.3) is 16.9 Å². The molecule has 0 fully saturated rings. The Morgan fingerprint density at radius 1 is 1.00 bits per heavy atom. The quantitative estimate of drug-likeness (QED) is 0.498.